The number of alkyl carbamates (subject to hydrolysis) is 1. The summed E-state index contributed by atoms with van der Waals surface area (Å²) in [5, 5.41) is 78.6. The van der Waals surface area contributed by atoms with Crippen molar-refractivity contribution in [2.75, 3.05) is 97.6 Å². The van der Waals surface area contributed by atoms with Crippen LogP contribution < -0.4 is 48.3 Å². The number of hydrogen-bond acceptors (Lipinski definition) is 28. The van der Waals surface area contributed by atoms with Crippen LogP contribution in [0.1, 0.15) is 143 Å². The van der Waals surface area contributed by atoms with Crippen LogP contribution in [0, 0.1) is 34.1 Å². The van der Waals surface area contributed by atoms with Crippen molar-refractivity contribution in [3.05, 3.63) is 77.2 Å². The molecule has 0 bridgehead atoms. The summed E-state index contributed by atoms with van der Waals surface area (Å²) in [5.74, 6) is -7.75. The lowest BCUT2D eigenvalue weighted by atomic mass is 9.44. The van der Waals surface area contributed by atoms with Crippen LogP contribution in [-0.2, 0) is 92.4 Å². The molecule has 2 saturated heterocycles. The number of rotatable bonds is 46. The molecule has 120 heavy (non-hydrogen) atoms. The Morgan fingerprint density at radius 1 is 0.750 bits per heavy atom. The molecule has 10 amide bonds. The fourth-order valence-electron chi connectivity index (χ4n) is 17.4. The van der Waals surface area contributed by atoms with E-state index in [2.05, 4.69) is 47.6 Å². The summed E-state index contributed by atoms with van der Waals surface area (Å²) < 4.78 is 86.6. The van der Waals surface area contributed by atoms with Gasteiger partial charge in [-0.25, -0.2) is 23.9 Å². The number of halogens is 2. The first kappa shape index (κ1) is 95.1. The molecule has 3 saturated carbocycles. The number of nitrogens with two attached hydrogens (primary N) is 1. The summed E-state index contributed by atoms with van der Waals surface area (Å²) in [5.41, 5.74) is 7.31. The Kier molecular flexibility index (Phi) is 35.2. The fourth-order valence-corrected chi connectivity index (χ4v) is 17.4. The highest BCUT2D eigenvalue weighted by molar-refractivity contribution is 6.13. The number of hydrogen-bond donors (Lipinski definition) is 15. The Morgan fingerprint density at radius 3 is 2.08 bits per heavy atom. The molecule has 0 radical (unpaired) electrons. The first-order chi connectivity index (χ1) is 57.3. The van der Waals surface area contributed by atoms with E-state index in [-0.39, 0.29) is 154 Å². The van der Waals surface area contributed by atoms with Crippen LogP contribution in [0.25, 0.3) is 0 Å². The number of fused-ring (bicyclic) bond motifs is 7. The number of ether oxygens (including phenoxy) is 9. The van der Waals surface area contributed by atoms with Crippen LogP contribution >= 0.6 is 0 Å². The second-order valence-electron chi connectivity index (χ2n) is 32.2. The quantitative estimate of drug-likeness (QED) is 0.0251. The summed E-state index contributed by atoms with van der Waals surface area (Å²) >= 11 is 0. The molecule has 1 aromatic carbocycles. The van der Waals surface area contributed by atoms with Gasteiger partial charge in [0.1, 0.15) is 73.7 Å². The first-order valence-electron chi connectivity index (χ1n) is 41.3. The van der Waals surface area contributed by atoms with Crippen molar-refractivity contribution in [1.29, 1.82) is 5.53 Å². The van der Waals surface area contributed by atoms with E-state index < -0.39 is 204 Å². The molecule has 39 heteroatoms. The Balaban J connectivity index is 0.774. The largest absolute Gasteiger partial charge is 0.445 e. The van der Waals surface area contributed by atoms with E-state index >= 15 is 8.78 Å². The molecule has 16 N–H and O–H groups in total. The van der Waals surface area contributed by atoms with Gasteiger partial charge < -0.3 is 116 Å². The number of imide groups is 1. The lowest BCUT2D eigenvalue weighted by molar-refractivity contribution is -0.234. The molecule has 9 rings (SSSR count). The highest BCUT2D eigenvalue weighted by Gasteiger charge is 2.80. The zero-order valence-electron chi connectivity index (χ0n) is 68.5. The van der Waals surface area contributed by atoms with Gasteiger partial charge >= 0.3 is 12.1 Å². The molecule has 37 nitrogen and oxygen atoms in total. The van der Waals surface area contributed by atoms with E-state index in [1.54, 1.807) is 20.8 Å². The molecule has 5 aliphatic carbocycles. The molecule has 8 aliphatic rings. The number of allylic oxidation sites excluding steroid dienone is 5. The second kappa shape index (κ2) is 44.4. The number of aliphatic hydroxyl groups excluding tert-OH is 5. The van der Waals surface area contributed by atoms with Crippen molar-refractivity contribution in [2.45, 2.75) is 235 Å². The molecule has 666 valence electrons. The SMILES string of the molecule is CCCC1O[C@@H]2C[C@H]3[C@@H]4C[C@H](F)C5=CC(=O)C=C[C@]5(C)[C@@]4(F)[C@@H](O)C[C@]3(C)[C@]2(C(=O)CNC(=O)OCc2ccc(NC(=O)[C@H](CCCNC(N)=O)NC(=O)[C@@H](NC(=O)[C@@H](CCCCNC(=O)COC3CCCCC/C(N[C@@H]4O[C@H](CO)[C@H](O)[C@H](O)[C@H]4O)=C\3N=N)NC(=O)CCOCCOCCOCCOCCN3C(=O)C=CC3=O)C(C)C)cc2)O1. The molecule has 0 aromatic heterocycles. The van der Waals surface area contributed by atoms with Crippen LogP contribution in [0.3, 0.4) is 0 Å². The van der Waals surface area contributed by atoms with Gasteiger partial charge in [0.25, 0.3) is 11.8 Å². The van der Waals surface area contributed by atoms with Gasteiger partial charge in [-0.15, -0.1) is 0 Å². The average molecular weight is 1700 g/mol. The number of carbonyl (C=O) groups is 11. The summed E-state index contributed by atoms with van der Waals surface area (Å²) in [4.78, 5) is 147. The number of nitrogens with zero attached hydrogens (tertiary/aromatic N) is 2. The van der Waals surface area contributed by atoms with Gasteiger partial charge in [-0.05, 0) is 131 Å². The van der Waals surface area contributed by atoms with Crippen molar-refractivity contribution in [3.63, 3.8) is 0 Å². The smallest absolute Gasteiger partial charge is 0.407 e. The normalized spacial score (nSPS) is 30.1. The standard InChI is InChI=1S/C81H118F2N12O25/c1-6-13-66-119-61-40-50-51-39-53(82)52-38-49(97)24-26-78(52,4)80(51,83)59(98)41-79(50,5)81(61,120-66)60(99)42-88-77(111)117-44-47-18-20-48(21-19-47)89-72(107)56(16-12-28-87-76(84)110)91-74(109)67(46(2)3)93-73(108)55(90-62(100)25-30-112-32-34-114-36-37-115-35-33-113-31-29-95-64(102)22-23-65(95)103)15-10-11-27-86-63(101)45-116-57-17-9-7-8-14-54(68(57)94-85)92-75-71(106)70(105)69(104)58(43-96)118-75/h18-24,26,38,46,50-51,53,55-59,61,66-67,69-71,75,85,92,96,98,104-106H,6-17,25,27-37,39-45H2,1-5H3,(H,86,101)(H,88,111)(H,89,107)(H,90,100)(H,91,109)(H,93,108)(H3,84,87,110)/b68-54-,94-85?/t50-,51-,53-,55+,56-,57?,58+,59-,61+,66?,67-,69-,70-,71+,75+,78-,79-,80-,81+/m0/s1. The lowest BCUT2D eigenvalue weighted by Gasteiger charge is -2.63. The van der Waals surface area contributed by atoms with Crippen LogP contribution in [0.15, 0.2) is 76.7 Å². The van der Waals surface area contributed by atoms with Gasteiger partial charge in [-0.3, -0.25) is 48.1 Å². The second-order valence-corrected chi connectivity index (χ2v) is 32.2. The van der Waals surface area contributed by atoms with Crippen molar-refractivity contribution < 1.29 is 130 Å². The third kappa shape index (κ3) is 23.3. The van der Waals surface area contributed by atoms with Gasteiger partial charge in [-0.1, -0.05) is 65.2 Å². The zero-order chi connectivity index (χ0) is 87.1. The third-order valence-corrected chi connectivity index (χ3v) is 23.8. The van der Waals surface area contributed by atoms with Gasteiger partial charge in [-0.2, -0.15) is 5.11 Å². The maximum atomic E-state index is 18.1. The molecular formula is C81H118F2N12O25. The van der Waals surface area contributed by atoms with E-state index in [9.17, 15) is 78.3 Å². The average Bonchev–Trinajstić information content (AvgIpc) is 1.49. The first-order valence-corrected chi connectivity index (χ1v) is 41.3. The van der Waals surface area contributed by atoms with E-state index in [1.165, 1.54) is 55.5 Å². The van der Waals surface area contributed by atoms with Crippen LogP contribution in [0.5, 0.6) is 0 Å². The van der Waals surface area contributed by atoms with E-state index in [0.29, 0.717) is 49.8 Å². The van der Waals surface area contributed by atoms with Crippen LogP contribution in [-0.4, -0.2) is 279 Å². The number of urea groups is 1. The number of amides is 10. The maximum absolute atomic E-state index is 18.1. The van der Waals surface area contributed by atoms with Crippen molar-refractivity contribution >= 4 is 70.7 Å². The summed E-state index contributed by atoms with van der Waals surface area (Å²) in [6, 6.07) is 1.39. The molecule has 3 aliphatic heterocycles. The Bertz CT molecular complexity index is 3880. The van der Waals surface area contributed by atoms with Gasteiger partial charge in [0.2, 0.25) is 29.5 Å². The number of aliphatic hydroxyl groups is 5. The minimum atomic E-state index is -2.42. The molecule has 1 aromatic rings. The van der Waals surface area contributed by atoms with Crippen LogP contribution in [0.4, 0.5) is 24.1 Å². The lowest BCUT2D eigenvalue weighted by Crippen LogP contribution is -2.71. The number of Topliss-reactive ketones (excluding diaryl/α,β-unsaturated/α-hetero) is 1. The van der Waals surface area contributed by atoms with Gasteiger partial charge in [0.05, 0.1) is 84.8 Å². The van der Waals surface area contributed by atoms with Crippen molar-refractivity contribution in [2.24, 2.45) is 39.4 Å². The number of alkyl halides is 2. The van der Waals surface area contributed by atoms with E-state index in [0.717, 1.165) is 17.4 Å². The monoisotopic (exact) mass is 1700 g/mol. The number of primary amides is 1. The molecule has 3 heterocycles. The number of carbonyl (C=O) groups excluding carboxylic acids is 11. The number of ketones is 2. The maximum Gasteiger partial charge on any atom is 0.407 e. The zero-order valence-corrected chi connectivity index (χ0v) is 68.5. The Morgan fingerprint density at radius 2 is 1.42 bits per heavy atom. The van der Waals surface area contributed by atoms with Gasteiger partial charge in [0, 0.05) is 59.8 Å². The number of benzene rings is 1. The molecular weight excluding hydrogens is 1580 g/mol. The molecule has 2 unspecified atom stereocenters. The van der Waals surface area contributed by atoms with E-state index in [4.69, 9.17) is 53.9 Å². The van der Waals surface area contributed by atoms with Crippen molar-refractivity contribution in [3.8, 4) is 0 Å². The fraction of sp³-hybridized carbons (Fsp3) is 0.691. The highest BCUT2D eigenvalue weighted by Crippen LogP contribution is 2.72. The number of anilines is 1. The topological polar surface area (TPSA) is 534 Å². The minimum Gasteiger partial charge on any atom is -0.445 e. The van der Waals surface area contributed by atoms with Crippen LogP contribution in [0.2, 0.25) is 0 Å². The predicted molar refractivity (Wildman–Crippen MR) is 420 cm³/mol. The van der Waals surface area contributed by atoms with E-state index in [1.807, 2.05) is 6.92 Å². The minimum absolute atomic E-state index is 0.000880. The highest BCUT2D eigenvalue weighted by atomic mass is 19.1. The summed E-state index contributed by atoms with van der Waals surface area (Å²) in [7, 11) is 0. The molecule has 19 atom stereocenters. The van der Waals surface area contributed by atoms with Crippen molar-refractivity contribution in [1.82, 2.24) is 42.1 Å². The predicted octanol–water partition coefficient (Wildman–Crippen LogP) is 1.84. The number of nitrogens with one attached hydrogen (secondary N) is 9. The summed E-state index contributed by atoms with van der Waals surface area (Å²) in [6.07, 6.45) is -4.81. The Hall–Kier alpha value is -8.71. The molecule has 5 fully saturated rings. The summed E-state index contributed by atoms with van der Waals surface area (Å²) in [6.45, 7) is 7.78. The number of unbranched alkanes of at least 4 members (excludes halogenated alkanes) is 1. The third-order valence-electron chi connectivity index (χ3n) is 23.8. The van der Waals surface area contributed by atoms with Gasteiger partial charge in [0.15, 0.2) is 35.4 Å². The Labute approximate surface area is 694 Å². The molecule has 0 spiro atoms.